The van der Waals surface area contributed by atoms with Crippen LogP contribution in [0.2, 0.25) is 0 Å². The maximum Gasteiger partial charge on any atom is 0.303 e. The largest absolute Gasteiger partial charge is 0.481 e. The molecule has 106 valence electrons. The number of ether oxygens (including phenoxy) is 1. The second-order valence-electron chi connectivity index (χ2n) is 4.16. The zero-order valence-electron chi connectivity index (χ0n) is 11.3. The number of nitrogens with zero attached hydrogens (tertiary/aromatic N) is 2. The third-order valence-electron chi connectivity index (χ3n) is 2.56. The lowest BCUT2D eigenvalue weighted by Crippen LogP contribution is -2.04. The monoisotopic (exact) mass is 267 g/mol. The molecule has 0 aliphatic rings. The molecule has 6 heteroatoms. The minimum Gasteiger partial charge on any atom is -0.481 e. The second-order valence-corrected chi connectivity index (χ2v) is 4.16. The lowest BCUT2D eigenvalue weighted by Gasteiger charge is -2.06. The van der Waals surface area contributed by atoms with E-state index >= 15 is 0 Å². The quantitative estimate of drug-likeness (QED) is 0.633. The van der Waals surface area contributed by atoms with Crippen LogP contribution in [0.15, 0.2) is 12.4 Å². The van der Waals surface area contributed by atoms with Crippen molar-refractivity contribution in [2.24, 2.45) is 0 Å². The Morgan fingerprint density at radius 3 is 2.84 bits per heavy atom. The maximum absolute atomic E-state index is 10.3. The zero-order chi connectivity index (χ0) is 13.9. The average molecular weight is 267 g/mol. The number of hydrogen-bond acceptors (Lipinski definition) is 5. The predicted octanol–water partition coefficient (Wildman–Crippen LogP) is 2.32. The molecule has 0 aliphatic heterocycles. The first-order chi connectivity index (χ1) is 9.22. The number of hydrogen-bond donors (Lipinski definition) is 2. The van der Waals surface area contributed by atoms with Gasteiger partial charge in [-0.2, -0.15) is 0 Å². The van der Waals surface area contributed by atoms with Crippen LogP contribution < -0.4 is 10.1 Å². The van der Waals surface area contributed by atoms with Crippen LogP contribution in [0, 0.1) is 0 Å². The van der Waals surface area contributed by atoms with E-state index in [9.17, 15) is 4.79 Å². The third kappa shape index (κ3) is 7.23. The van der Waals surface area contributed by atoms with Gasteiger partial charge in [-0.1, -0.05) is 12.8 Å². The van der Waals surface area contributed by atoms with Crippen LogP contribution >= 0.6 is 0 Å². The summed E-state index contributed by atoms with van der Waals surface area (Å²) in [5.74, 6) is 0.605. The number of nitrogens with one attached hydrogen (secondary N) is 1. The van der Waals surface area contributed by atoms with Gasteiger partial charge in [-0.15, -0.1) is 0 Å². The molecule has 0 aromatic carbocycles. The van der Waals surface area contributed by atoms with Crippen molar-refractivity contribution in [1.29, 1.82) is 0 Å². The molecule has 0 bridgehead atoms. The molecule has 0 spiro atoms. The topological polar surface area (TPSA) is 84.3 Å². The molecule has 0 radical (unpaired) electrons. The molecule has 1 aromatic rings. The van der Waals surface area contributed by atoms with Gasteiger partial charge in [0, 0.05) is 19.0 Å². The van der Waals surface area contributed by atoms with Crippen LogP contribution in [0.3, 0.4) is 0 Å². The van der Waals surface area contributed by atoms with Gasteiger partial charge in [-0.25, -0.2) is 9.97 Å². The first-order valence-electron chi connectivity index (χ1n) is 6.63. The first-order valence-corrected chi connectivity index (χ1v) is 6.63. The SMILES string of the molecule is CCOc1cc(NCCCCCCC(=O)O)ncn1. The molecule has 2 N–H and O–H groups in total. The van der Waals surface area contributed by atoms with E-state index in [0.717, 1.165) is 38.0 Å². The molecule has 0 saturated carbocycles. The van der Waals surface area contributed by atoms with Gasteiger partial charge in [-0.3, -0.25) is 4.79 Å². The molecule has 6 nitrogen and oxygen atoms in total. The summed E-state index contributed by atoms with van der Waals surface area (Å²) in [5, 5.41) is 11.7. The van der Waals surface area contributed by atoms with E-state index < -0.39 is 5.97 Å². The summed E-state index contributed by atoms with van der Waals surface area (Å²) in [6, 6.07) is 1.77. The van der Waals surface area contributed by atoms with Gasteiger partial charge in [0.25, 0.3) is 0 Å². The molecule has 0 unspecified atom stereocenters. The number of aromatic nitrogens is 2. The molecular formula is C13H21N3O3. The number of aliphatic carboxylic acids is 1. The highest BCUT2D eigenvalue weighted by Gasteiger charge is 1.99. The summed E-state index contributed by atoms with van der Waals surface area (Å²) in [4.78, 5) is 18.4. The standard InChI is InChI=1S/C13H21N3O3/c1-2-19-12-9-11(15-10-16-12)14-8-6-4-3-5-7-13(17)18/h9-10H,2-8H2,1H3,(H,17,18)(H,14,15,16). The van der Waals surface area contributed by atoms with Crippen molar-refractivity contribution < 1.29 is 14.6 Å². The normalized spacial score (nSPS) is 10.2. The number of rotatable bonds is 10. The Kier molecular flexibility index (Phi) is 7.31. The number of carboxylic acid groups (broad SMARTS) is 1. The van der Waals surface area contributed by atoms with Crippen molar-refractivity contribution in [3.05, 3.63) is 12.4 Å². The molecule has 0 atom stereocenters. The Hall–Kier alpha value is -1.85. The van der Waals surface area contributed by atoms with Crippen LogP contribution in [-0.2, 0) is 4.79 Å². The van der Waals surface area contributed by atoms with Gasteiger partial charge in [0.05, 0.1) is 6.61 Å². The summed E-state index contributed by atoms with van der Waals surface area (Å²) >= 11 is 0. The Morgan fingerprint density at radius 2 is 2.11 bits per heavy atom. The van der Waals surface area contributed by atoms with E-state index in [1.54, 1.807) is 6.07 Å². The van der Waals surface area contributed by atoms with E-state index in [-0.39, 0.29) is 6.42 Å². The van der Waals surface area contributed by atoms with Gasteiger partial charge < -0.3 is 15.2 Å². The number of anilines is 1. The predicted molar refractivity (Wildman–Crippen MR) is 72.4 cm³/mol. The van der Waals surface area contributed by atoms with Gasteiger partial charge in [0.2, 0.25) is 5.88 Å². The molecule has 1 aromatic heterocycles. The molecule has 0 saturated heterocycles. The van der Waals surface area contributed by atoms with Crippen LogP contribution in [0.25, 0.3) is 0 Å². The van der Waals surface area contributed by atoms with E-state index in [1.807, 2.05) is 6.92 Å². The molecule has 0 amide bonds. The van der Waals surface area contributed by atoms with Crippen molar-refractivity contribution in [3.8, 4) is 5.88 Å². The number of carbonyl (C=O) groups is 1. The van der Waals surface area contributed by atoms with Gasteiger partial charge in [0.15, 0.2) is 0 Å². The summed E-state index contributed by atoms with van der Waals surface area (Å²) in [5.41, 5.74) is 0. The number of carboxylic acids is 1. The van der Waals surface area contributed by atoms with Crippen LogP contribution in [0.1, 0.15) is 39.0 Å². The lowest BCUT2D eigenvalue weighted by molar-refractivity contribution is -0.137. The first kappa shape index (κ1) is 15.2. The third-order valence-corrected chi connectivity index (χ3v) is 2.56. The van der Waals surface area contributed by atoms with E-state index in [0.29, 0.717) is 12.5 Å². The summed E-state index contributed by atoms with van der Waals surface area (Å²) in [6.45, 7) is 3.31. The van der Waals surface area contributed by atoms with Crippen LogP contribution in [0.4, 0.5) is 5.82 Å². The Labute approximate surface area is 113 Å². The fraction of sp³-hybridized carbons (Fsp3) is 0.615. The average Bonchev–Trinajstić information content (AvgIpc) is 2.38. The highest BCUT2D eigenvalue weighted by Crippen LogP contribution is 2.11. The second kappa shape index (κ2) is 9.13. The van der Waals surface area contributed by atoms with Crippen molar-refractivity contribution in [2.75, 3.05) is 18.5 Å². The van der Waals surface area contributed by atoms with E-state index in [1.165, 1.54) is 6.33 Å². The summed E-state index contributed by atoms with van der Waals surface area (Å²) in [6.07, 6.45) is 5.44. The Morgan fingerprint density at radius 1 is 1.32 bits per heavy atom. The van der Waals surface area contributed by atoms with Crippen molar-refractivity contribution >= 4 is 11.8 Å². The van der Waals surface area contributed by atoms with E-state index in [4.69, 9.17) is 9.84 Å². The van der Waals surface area contributed by atoms with Crippen molar-refractivity contribution in [1.82, 2.24) is 9.97 Å². The Bertz CT molecular complexity index is 385. The minimum atomic E-state index is -0.720. The Balaban J connectivity index is 2.12. The summed E-state index contributed by atoms with van der Waals surface area (Å²) in [7, 11) is 0. The molecule has 1 heterocycles. The molecule has 1 rings (SSSR count). The fourth-order valence-electron chi connectivity index (χ4n) is 1.63. The lowest BCUT2D eigenvalue weighted by atomic mass is 10.1. The smallest absolute Gasteiger partial charge is 0.303 e. The van der Waals surface area contributed by atoms with Crippen molar-refractivity contribution in [3.63, 3.8) is 0 Å². The molecular weight excluding hydrogens is 246 g/mol. The zero-order valence-corrected chi connectivity index (χ0v) is 11.3. The molecule has 0 aliphatic carbocycles. The van der Waals surface area contributed by atoms with E-state index in [2.05, 4.69) is 15.3 Å². The van der Waals surface area contributed by atoms with Gasteiger partial charge in [0.1, 0.15) is 12.1 Å². The van der Waals surface area contributed by atoms with Crippen LogP contribution in [-0.4, -0.2) is 34.2 Å². The van der Waals surface area contributed by atoms with Crippen LogP contribution in [0.5, 0.6) is 5.88 Å². The van der Waals surface area contributed by atoms with Gasteiger partial charge >= 0.3 is 5.97 Å². The maximum atomic E-state index is 10.3. The minimum absolute atomic E-state index is 0.261. The highest BCUT2D eigenvalue weighted by atomic mass is 16.5. The number of unbranched alkanes of at least 4 members (excludes halogenated alkanes) is 3. The van der Waals surface area contributed by atoms with Gasteiger partial charge in [-0.05, 0) is 19.8 Å². The fourth-order valence-corrected chi connectivity index (χ4v) is 1.63. The molecule has 19 heavy (non-hydrogen) atoms. The molecule has 0 fully saturated rings. The van der Waals surface area contributed by atoms with Crippen molar-refractivity contribution in [2.45, 2.75) is 39.0 Å². The summed E-state index contributed by atoms with van der Waals surface area (Å²) < 4.78 is 5.28. The highest BCUT2D eigenvalue weighted by molar-refractivity contribution is 5.66.